The first kappa shape index (κ1) is 12.1. The molecule has 0 radical (unpaired) electrons. The van der Waals surface area contributed by atoms with Gasteiger partial charge in [-0.3, -0.25) is 11.3 Å². The Morgan fingerprint density at radius 3 is 2.00 bits per heavy atom. The van der Waals surface area contributed by atoms with E-state index in [0.717, 1.165) is 0 Å². The van der Waals surface area contributed by atoms with Crippen LogP contribution in [0, 0.1) is 17.0 Å². The van der Waals surface area contributed by atoms with Gasteiger partial charge in [0.15, 0.2) is 0 Å². The predicted molar refractivity (Wildman–Crippen MR) is 55.9 cm³/mol. The zero-order valence-corrected chi connectivity index (χ0v) is 9.14. The topological polar surface area (TPSA) is 38.0 Å². The van der Waals surface area contributed by atoms with Crippen molar-refractivity contribution in [3.05, 3.63) is 35.4 Å². The summed E-state index contributed by atoms with van der Waals surface area (Å²) in [5, 5.41) is 0. The third-order valence-electron chi connectivity index (χ3n) is 2.32. The minimum atomic E-state index is -0.576. The summed E-state index contributed by atoms with van der Waals surface area (Å²) in [6.45, 7) is 5.59. The molecule has 1 aromatic rings. The highest BCUT2D eigenvalue weighted by Crippen LogP contribution is 2.34. The summed E-state index contributed by atoms with van der Waals surface area (Å²) < 4.78 is 27.0. The molecule has 1 aromatic carbocycles. The van der Waals surface area contributed by atoms with Crippen molar-refractivity contribution in [2.45, 2.75) is 26.8 Å². The van der Waals surface area contributed by atoms with Crippen molar-refractivity contribution in [2.24, 2.45) is 11.3 Å². The third-order valence-corrected chi connectivity index (χ3v) is 2.32. The van der Waals surface area contributed by atoms with Crippen LogP contribution >= 0.6 is 0 Å². The lowest BCUT2D eigenvalue weighted by Crippen LogP contribution is -2.38. The van der Waals surface area contributed by atoms with Crippen molar-refractivity contribution < 1.29 is 8.78 Å². The van der Waals surface area contributed by atoms with Gasteiger partial charge in [-0.15, -0.1) is 0 Å². The highest BCUT2D eigenvalue weighted by atomic mass is 19.1. The maximum Gasteiger partial charge on any atom is 0.130 e. The van der Waals surface area contributed by atoms with Crippen molar-refractivity contribution in [3.8, 4) is 0 Å². The van der Waals surface area contributed by atoms with E-state index in [2.05, 4.69) is 5.43 Å². The molecule has 0 aromatic heterocycles. The van der Waals surface area contributed by atoms with Crippen LogP contribution in [-0.4, -0.2) is 0 Å². The molecule has 1 atom stereocenters. The van der Waals surface area contributed by atoms with Crippen molar-refractivity contribution in [1.29, 1.82) is 0 Å². The molecule has 1 unspecified atom stereocenters. The van der Waals surface area contributed by atoms with E-state index in [-0.39, 0.29) is 11.0 Å². The van der Waals surface area contributed by atoms with Gasteiger partial charge in [0.2, 0.25) is 0 Å². The molecule has 0 saturated heterocycles. The molecule has 3 N–H and O–H groups in total. The lowest BCUT2D eigenvalue weighted by atomic mass is 9.82. The number of nitrogens with two attached hydrogens (primary N) is 1. The van der Waals surface area contributed by atoms with Crippen LogP contribution in [-0.2, 0) is 0 Å². The highest BCUT2D eigenvalue weighted by molar-refractivity contribution is 5.24. The smallest absolute Gasteiger partial charge is 0.130 e. The van der Waals surface area contributed by atoms with Gasteiger partial charge < -0.3 is 0 Å². The zero-order valence-electron chi connectivity index (χ0n) is 9.14. The maximum atomic E-state index is 13.5. The lowest BCUT2D eigenvalue weighted by molar-refractivity contribution is 0.261. The van der Waals surface area contributed by atoms with Gasteiger partial charge >= 0.3 is 0 Å². The van der Waals surface area contributed by atoms with Crippen LogP contribution in [0.3, 0.4) is 0 Å². The minimum Gasteiger partial charge on any atom is -0.271 e. The monoisotopic (exact) mass is 214 g/mol. The summed E-state index contributed by atoms with van der Waals surface area (Å²) in [4.78, 5) is 0. The molecule has 0 aliphatic heterocycles. The Morgan fingerprint density at radius 1 is 1.20 bits per heavy atom. The van der Waals surface area contributed by atoms with E-state index in [4.69, 9.17) is 5.84 Å². The van der Waals surface area contributed by atoms with Crippen LogP contribution in [0.5, 0.6) is 0 Å². The average Bonchev–Trinajstić information content (AvgIpc) is 2.09. The fourth-order valence-corrected chi connectivity index (χ4v) is 1.55. The first-order valence-corrected chi connectivity index (χ1v) is 4.78. The number of hydrogen-bond acceptors (Lipinski definition) is 2. The van der Waals surface area contributed by atoms with Gasteiger partial charge in [-0.25, -0.2) is 8.78 Å². The number of rotatable bonds is 2. The van der Waals surface area contributed by atoms with Crippen LogP contribution in [0.2, 0.25) is 0 Å². The van der Waals surface area contributed by atoms with Gasteiger partial charge in [-0.1, -0.05) is 26.8 Å². The van der Waals surface area contributed by atoms with E-state index in [1.54, 1.807) is 0 Å². The molecule has 1 rings (SSSR count). The molecule has 0 bridgehead atoms. The van der Waals surface area contributed by atoms with E-state index in [0.29, 0.717) is 0 Å². The van der Waals surface area contributed by atoms with Crippen LogP contribution in [0.1, 0.15) is 32.4 Å². The quantitative estimate of drug-likeness (QED) is 0.586. The van der Waals surface area contributed by atoms with Crippen LogP contribution in [0.15, 0.2) is 18.2 Å². The van der Waals surface area contributed by atoms with Gasteiger partial charge in [0.1, 0.15) is 11.6 Å². The second kappa shape index (κ2) is 4.24. The number of nitrogens with one attached hydrogen (secondary N) is 1. The Morgan fingerprint density at radius 2 is 1.67 bits per heavy atom. The second-order valence-corrected chi connectivity index (χ2v) is 4.60. The lowest BCUT2D eigenvalue weighted by Gasteiger charge is -2.30. The van der Waals surface area contributed by atoms with Crippen LogP contribution in [0.25, 0.3) is 0 Å². The van der Waals surface area contributed by atoms with Crippen LogP contribution in [0.4, 0.5) is 8.78 Å². The largest absolute Gasteiger partial charge is 0.271 e. The SMILES string of the molecule is CC(C)(C)C(NN)c1c(F)cccc1F. The zero-order chi connectivity index (χ0) is 11.6. The predicted octanol–water partition coefficient (Wildman–Crippen LogP) is 2.52. The third kappa shape index (κ3) is 2.52. The summed E-state index contributed by atoms with van der Waals surface area (Å²) in [6.07, 6.45) is 0. The van der Waals surface area contributed by atoms with E-state index in [9.17, 15) is 8.78 Å². The summed E-state index contributed by atoms with van der Waals surface area (Å²) in [6, 6.07) is 3.24. The van der Waals surface area contributed by atoms with E-state index in [1.165, 1.54) is 18.2 Å². The van der Waals surface area contributed by atoms with E-state index >= 15 is 0 Å². The standard InChI is InChI=1S/C11H16F2N2/c1-11(2,3)10(15-14)9-7(12)5-4-6-8(9)13/h4-6,10,15H,14H2,1-3H3. The van der Waals surface area contributed by atoms with Gasteiger partial charge in [-0.05, 0) is 17.5 Å². The van der Waals surface area contributed by atoms with Crippen molar-refractivity contribution in [1.82, 2.24) is 5.43 Å². The molecule has 0 spiro atoms. The normalized spacial score (nSPS) is 14.0. The molecule has 4 heteroatoms. The first-order chi connectivity index (χ1) is 6.88. The Bertz CT molecular complexity index is 325. The van der Waals surface area contributed by atoms with Gasteiger partial charge in [0, 0.05) is 5.56 Å². The Labute approximate surface area is 88.4 Å². The summed E-state index contributed by atoms with van der Waals surface area (Å²) in [5.74, 6) is 4.19. The summed E-state index contributed by atoms with van der Waals surface area (Å²) in [7, 11) is 0. The molecular weight excluding hydrogens is 198 g/mol. The maximum absolute atomic E-state index is 13.5. The van der Waals surface area contributed by atoms with Crippen molar-refractivity contribution in [3.63, 3.8) is 0 Å². The second-order valence-electron chi connectivity index (χ2n) is 4.60. The number of hydrazine groups is 1. The van der Waals surface area contributed by atoms with Gasteiger partial charge in [-0.2, -0.15) is 0 Å². The molecule has 15 heavy (non-hydrogen) atoms. The highest BCUT2D eigenvalue weighted by Gasteiger charge is 2.29. The Kier molecular flexibility index (Phi) is 3.42. The minimum absolute atomic E-state index is 0.00694. The average molecular weight is 214 g/mol. The molecule has 0 saturated carbocycles. The van der Waals surface area contributed by atoms with Crippen molar-refractivity contribution in [2.75, 3.05) is 0 Å². The van der Waals surface area contributed by atoms with E-state index in [1.807, 2.05) is 20.8 Å². The van der Waals surface area contributed by atoms with Gasteiger partial charge in [0.25, 0.3) is 0 Å². The molecule has 0 heterocycles. The molecule has 84 valence electrons. The molecule has 2 nitrogen and oxygen atoms in total. The molecule has 0 aliphatic carbocycles. The molecule has 0 fully saturated rings. The number of halogens is 2. The molecule has 0 amide bonds. The fourth-order valence-electron chi connectivity index (χ4n) is 1.55. The molecule has 0 aliphatic rings. The number of hydrogen-bond donors (Lipinski definition) is 2. The summed E-state index contributed by atoms with van der Waals surface area (Å²) >= 11 is 0. The first-order valence-electron chi connectivity index (χ1n) is 4.78. The van der Waals surface area contributed by atoms with Gasteiger partial charge in [0.05, 0.1) is 6.04 Å². The van der Waals surface area contributed by atoms with E-state index < -0.39 is 17.7 Å². The molecular formula is C11H16F2N2. The fraction of sp³-hybridized carbons (Fsp3) is 0.455. The summed E-state index contributed by atoms with van der Waals surface area (Å²) in [5.41, 5.74) is 2.09. The van der Waals surface area contributed by atoms with Crippen molar-refractivity contribution >= 4 is 0 Å². The Balaban J connectivity index is 3.24. The number of benzene rings is 1. The van der Waals surface area contributed by atoms with Crippen LogP contribution < -0.4 is 11.3 Å². The Hall–Kier alpha value is -1.00.